The van der Waals surface area contributed by atoms with Crippen molar-refractivity contribution in [1.29, 1.82) is 0 Å². The minimum absolute atomic E-state index is 0.00965. The van der Waals surface area contributed by atoms with Crippen LogP contribution in [0.15, 0.2) is 59.1 Å². The van der Waals surface area contributed by atoms with E-state index in [1.807, 2.05) is 31.2 Å². The molecule has 0 saturated heterocycles. The molecule has 0 aliphatic heterocycles. The Hall–Kier alpha value is -3.15. The minimum Gasteiger partial charge on any atom is -0.494 e. The van der Waals surface area contributed by atoms with Crippen molar-refractivity contribution in [1.82, 2.24) is 9.88 Å². The van der Waals surface area contributed by atoms with Crippen LogP contribution in [-0.4, -0.2) is 29.4 Å². The van der Waals surface area contributed by atoms with Crippen LogP contribution >= 0.6 is 0 Å². The van der Waals surface area contributed by atoms with Gasteiger partial charge in [-0.3, -0.25) is 4.79 Å². The molecule has 0 unspecified atom stereocenters. The minimum atomic E-state index is -0.301. The summed E-state index contributed by atoms with van der Waals surface area (Å²) in [5.74, 6) is 1.58. The van der Waals surface area contributed by atoms with Crippen molar-refractivity contribution in [3.05, 3.63) is 72.0 Å². The first-order valence-electron chi connectivity index (χ1n) is 9.21. The molecule has 0 radical (unpaired) electrons. The van der Waals surface area contributed by atoms with E-state index in [1.54, 1.807) is 30.3 Å². The molecule has 146 valence electrons. The zero-order valence-electron chi connectivity index (χ0n) is 16.0. The smallest absolute Gasteiger partial charge is 0.223 e. The quantitative estimate of drug-likeness (QED) is 0.577. The van der Waals surface area contributed by atoms with E-state index in [0.717, 1.165) is 16.9 Å². The van der Waals surface area contributed by atoms with Gasteiger partial charge in [-0.25, -0.2) is 9.37 Å². The Labute approximate surface area is 163 Å². The highest BCUT2D eigenvalue weighted by Crippen LogP contribution is 2.21. The molecule has 5 nitrogen and oxygen atoms in total. The molecular weight excluding hydrogens is 359 g/mol. The lowest BCUT2D eigenvalue weighted by atomic mass is 10.2. The van der Waals surface area contributed by atoms with Crippen molar-refractivity contribution >= 4 is 5.91 Å². The number of carbonyl (C=O) groups excluding carboxylic acids is 1. The standard InChI is InChI=1S/C22H23FN2O3/c1-3-27-19-10-4-16(5-11-19)15-25(2)22(26)13-12-21-24-14-20(28-21)17-6-8-18(23)9-7-17/h4-11,14H,3,12-13,15H2,1-2H3. The van der Waals surface area contributed by atoms with Crippen LogP contribution in [0.1, 0.15) is 24.8 Å². The van der Waals surface area contributed by atoms with E-state index in [0.29, 0.717) is 37.6 Å². The predicted octanol–water partition coefficient (Wildman–Crippen LogP) is 4.47. The zero-order valence-corrected chi connectivity index (χ0v) is 16.0. The summed E-state index contributed by atoms with van der Waals surface area (Å²) in [7, 11) is 1.78. The van der Waals surface area contributed by atoms with Gasteiger partial charge < -0.3 is 14.1 Å². The number of amides is 1. The normalized spacial score (nSPS) is 10.7. The fraction of sp³-hybridized carbons (Fsp3) is 0.273. The molecule has 0 spiro atoms. The lowest BCUT2D eigenvalue weighted by molar-refractivity contribution is -0.130. The molecule has 28 heavy (non-hydrogen) atoms. The molecule has 0 N–H and O–H groups in total. The van der Waals surface area contributed by atoms with Gasteiger partial charge in [0.05, 0.1) is 12.8 Å². The Kier molecular flexibility index (Phi) is 6.42. The van der Waals surface area contributed by atoms with Crippen LogP contribution in [0.2, 0.25) is 0 Å². The van der Waals surface area contributed by atoms with Crippen LogP contribution in [0.3, 0.4) is 0 Å². The summed E-state index contributed by atoms with van der Waals surface area (Å²) in [4.78, 5) is 18.3. The second-order valence-corrected chi connectivity index (χ2v) is 6.45. The van der Waals surface area contributed by atoms with Crippen LogP contribution in [0.25, 0.3) is 11.3 Å². The third kappa shape index (κ3) is 5.19. The summed E-state index contributed by atoms with van der Waals surface area (Å²) < 4.78 is 24.1. The van der Waals surface area contributed by atoms with Crippen molar-refractivity contribution in [3.8, 4) is 17.1 Å². The summed E-state index contributed by atoms with van der Waals surface area (Å²) in [6.07, 6.45) is 2.31. The molecular formula is C22H23FN2O3. The van der Waals surface area contributed by atoms with Crippen LogP contribution in [0.4, 0.5) is 4.39 Å². The van der Waals surface area contributed by atoms with Gasteiger partial charge in [-0.15, -0.1) is 0 Å². The number of halogens is 1. The van der Waals surface area contributed by atoms with Gasteiger partial charge in [0.25, 0.3) is 0 Å². The lowest BCUT2D eigenvalue weighted by Gasteiger charge is -2.17. The van der Waals surface area contributed by atoms with E-state index >= 15 is 0 Å². The molecule has 0 aliphatic carbocycles. The first-order valence-corrected chi connectivity index (χ1v) is 9.21. The SMILES string of the molecule is CCOc1ccc(CN(C)C(=O)CCc2ncc(-c3ccc(F)cc3)o2)cc1. The molecule has 0 fully saturated rings. The number of aryl methyl sites for hydroxylation is 1. The van der Waals surface area contributed by atoms with Crippen LogP contribution < -0.4 is 4.74 Å². The Morgan fingerprint density at radius 3 is 2.54 bits per heavy atom. The highest BCUT2D eigenvalue weighted by atomic mass is 19.1. The average molecular weight is 382 g/mol. The second kappa shape index (κ2) is 9.17. The summed E-state index contributed by atoms with van der Waals surface area (Å²) in [6, 6.07) is 13.7. The van der Waals surface area contributed by atoms with Crippen LogP contribution in [-0.2, 0) is 17.8 Å². The van der Waals surface area contributed by atoms with E-state index in [4.69, 9.17) is 9.15 Å². The van der Waals surface area contributed by atoms with Crippen molar-refractivity contribution in [2.24, 2.45) is 0 Å². The zero-order chi connectivity index (χ0) is 19.9. The molecule has 6 heteroatoms. The molecule has 0 atom stereocenters. The average Bonchev–Trinajstić information content (AvgIpc) is 3.17. The van der Waals surface area contributed by atoms with E-state index in [-0.39, 0.29) is 11.7 Å². The summed E-state index contributed by atoms with van der Waals surface area (Å²) >= 11 is 0. The number of rotatable bonds is 8. The third-order valence-corrected chi connectivity index (χ3v) is 4.31. The fourth-order valence-electron chi connectivity index (χ4n) is 2.80. The molecule has 3 aromatic rings. The maximum absolute atomic E-state index is 13.0. The first-order chi connectivity index (χ1) is 13.5. The van der Waals surface area contributed by atoms with Crippen molar-refractivity contribution < 1.29 is 18.3 Å². The van der Waals surface area contributed by atoms with Gasteiger partial charge in [0.1, 0.15) is 11.6 Å². The Balaban J connectivity index is 1.51. The Morgan fingerprint density at radius 2 is 1.86 bits per heavy atom. The highest BCUT2D eigenvalue weighted by molar-refractivity contribution is 5.76. The summed E-state index contributed by atoms with van der Waals surface area (Å²) in [5, 5.41) is 0. The van der Waals surface area contributed by atoms with Gasteiger partial charge >= 0.3 is 0 Å². The number of oxazole rings is 1. The molecule has 0 aliphatic rings. The van der Waals surface area contributed by atoms with E-state index < -0.39 is 0 Å². The Morgan fingerprint density at radius 1 is 1.14 bits per heavy atom. The fourth-order valence-corrected chi connectivity index (χ4v) is 2.80. The number of carbonyl (C=O) groups is 1. The van der Waals surface area contributed by atoms with E-state index in [2.05, 4.69) is 4.98 Å². The number of nitrogens with zero attached hydrogens (tertiary/aromatic N) is 2. The number of aromatic nitrogens is 1. The summed E-state index contributed by atoms with van der Waals surface area (Å²) in [6.45, 7) is 3.09. The molecule has 2 aromatic carbocycles. The van der Waals surface area contributed by atoms with Crippen molar-refractivity contribution in [2.75, 3.05) is 13.7 Å². The van der Waals surface area contributed by atoms with Gasteiger partial charge in [0.2, 0.25) is 5.91 Å². The van der Waals surface area contributed by atoms with Crippen LogP contribution in [0, 0.1) is 5.82 Å². The first kappa shape index (κ1) is 19.6. The number of hydrogen-bond donors (Lipinski definition) is 0. The second-order valence-electron chi connectivity index (χ2n) is 6.45. The monoisotopic (exact) mass is 382 g/mol. The molecule has 3 rings (SSSR count). The molecule has 0 bridgehead atoms. The van der Waals surface area contributed by atoms with Gasteiger partial charge in [0.15, 0.2) is 11.7 Å². The van der Waals surface area contributed by atoms with Crippen molar-refractivity contribution in [2.45, 2.75) is 26.3 Å². The maximum atomic E-state index is 13.0. The van der Waals surface area contributed by atoms with E-state index in [9.17, 15) is 9.18 Å². The van der Waals surface area contributed by atoms with Gasteiger partial charge in [-0.1, -0.05) is 12.1 Å². The summed E-state index contributed by atoms with van der Waals surface area (Å²) in [5.41, 5.74) is 1.79. The van der Waals surface area contributed by atoms with Gasteiger partial charge in [-0.05, 0) is 48.9 Å². The molecule has 1 aromatic heterocycles. The van der Waals surface area contributed by atoms with Gasteiger partial charge in [0, 0.05) is 32.0 Å². The number of ether oxygens (including phenoxy) is 1. The third-order valence-electron chi connectivity index (χ3n) is 4.31. The topological polar surface area (TPSA) is 55.6 Å². The Bertz CT molecular complexity index is 904. The van der Waals surface area contributed by atoms with E-state index in [1.165, 1.54) is 12.1 Å². The van der Waals surface area contributed by atoms with Gasteiger partial charge in [-0.2, -0.15) is 0 Å². The number of benzene rings is 2. The largest absolute Gasteiger partial charge is 0.494 e. The highest BCUT2D eigenvalue weighted by Gasteiger charge is 2.13. The predicted molar refractivity (Wildman–Crippen MR) is 104 cm³/mol. The lowest BCUT2D eigenvalue weighted by Crippen LogP contribution is -2.26. The van der Waals surface area contributed by atoms with Crippen LogP contribution in [0.5, 0.6) is 5.75 Å². The molecule has 0 saturated carbocycles. The maximum Gasteiger partial charge on any atom is 0.223 e. The molecule has 1 amide bonds. The number of hydrogen-bond acceptors (Lipinski definition) is 4. The van der Waals surface area contributed by atoms with Crippen molar-refractivity contribution in [3.63, 3.8) is 0 Å². The molecule has 1 heterocycles.